The van der Waals surface area contributed by atoms with Crippen LogP contribution in [0, 0.1) is 6.92 Å². The molecule has 1 atom stereocenters. The van der Waals surface area contributed by atoms with Gasteiger partial charge in [0.1, 0.15) is 5.75 Å². The Labute approximate surface area is 120 Å². The van der Waals surface area contributed by atoms with E-state index >= 15 is 0 Å². The maximum atomic E-state index is 12.3. The smallest absolute Gasteiger partial charge is 0.513 e. The van der Waals surface area contributed by atoms with E-state index in [0.717, 1.165) is 10.5 Å². The molecule has 0 aliphatic rings. The van der Waals surface area contributed by atoms with Gasteiger partial charge >= 0.3 is 6.16 Å². The van der Waals surface area contributed by atoms with E-state index in [0.29, 0.717) is 10.6 Å². The third kappa shape index (κ3) is 3.53. The van der Waals surface area contributed by atoms with Crippen LogP contribution in [-0.2, 0) is 15.9 Å². The van der Waals surface area contributed by atoms with E-state index in [2.05, 4.69) is 4.74 Å². The molecule has 20 heavy (non-hydrogen) atoms. The van der Waals surface area contributed by atoms with Gasteiger partial charge in [0.2, 0.25) is 0 Å². The summed E-state index contributed by atoms with van der Waals surface area (Å²) in [7, 11) is 1.24. The summed E-state index contributed by atoms with van der Waals surface area (Å²) in [5.41, 5.74) is 1.12. The normalized spacial score (nSPS) is 11.8. The van der Waals surface area contributed by atoms with Gasteiger partial charge in [-0.25, -0.2) is 4.79 Å². The number of carbonyl (C=O) groups is 1. The van der Waals surface area contributed by atoms with Crippen LogP contribution < -0.4 is 4.74 Å². The van der Waals surface area contributed by atoms with Crippen LogP contribution in [0.5, 0.6) is 5.75 Å². The first-order chi connectivity index (χ1) is 9.60. The molecule has 0 aliphatic carbocycles. The van der Waals surface area contributed by atoms with Crippen molar-refractivity contribution in [3.63, 3.8) is 0 Å². The van der Waals surface area contributed by atoms with Gasteiger partial charge in [-0.1, -0.05) is 17.7 Å². The highest BCUT2D eigenvalue weighted by molar-refractivity contribution is 7.91. The fourth-order valence-corrected chi connectivity index (χ4v) is 2.61. The van der Waals surface area contributed by atoms with Gasteiger partial charge < -0.3 is 14.0 Å². The predicted octanol–water partition coefficient (Wildman–Crippen LogP) is 3.31. The van der Waals surface area contributed by atoms with Crippen LogP contribution in [0.3, 0.4) is 0 Å². The van der Waals surface area contributed by atoms with Crippen molar-refractivity contribution in [3.8, 4) is 5.75 Å². The largest absolute Gasteiger partial charge is 0.606 e. The molecule has 0 N–H and O–H groups in total. The zero-order valence-corrected chi connectivity index (χ0v) is 12.0. The van der Waals surface area contributed by atoms with Gasteiger partial charge in [0.15, 0.2) is 9.79 Å². The molecule has 0 saturated carbocycles. The highest BCUT2D eigenvalue weighted by Gasteiger charge is 2.15. The third-order valence-corrected chi connectivity index (χ3v) is 4.04. The first kappa shape index (κ1) is 14.4. The van der Waals surface area contributed by atoms with E-state index < -0.39 is 17.3 Å². The van der Waals surface area contributed by atoms with E-state index in [1.807, 2.05) is 31.2 Å². The van der Waals surface area contributed by atoms with Crippen LogP contribution in [0.15, 0.2) is 58.3 Å². The second kappa shape index (κ2) is 6.45. The Morgan fingerprint density at radius 1 is 1.00 bits per heavy atom. The van der Waals surface area contributed by atoms with Gasteiger partial charge in [-0.3, -0.25) is 0 Å². The third-order valence-electron chi connectivity index (χ3n) is 2.64. The van der Waals surface area contributed by atoms with Gasteiger partial charge in [0, 0.05) is 11.2 Å². The van der Waals surface area contributed by atoms with E-state index in [1.165, 1.54) is 7.11 Å². The predicted molar refractivity (Wildman–Crippen MR) is 75.3 cm³/mol. The number of methoxy groups -OCH3 is 1. The molecule has 0 saturated heterocycles. The number of ether oxygens (including phenoxy) is 2. The van der Waals surface area contributed by atoms with Gasteiger partial charge in [-0.05, 0) is 43.3 Å². The second-order valence-corrected chi connectivity index (χ2v) is 5.59. The van der Waals surface area contributed by atoms with Gasteiger partial charge in [0.25, 0.3) is 0 Å². The Morgan fingerprint density at radius 2 is 1.50 bits per heavy atom. The highest BCUT2D eigenvalue weighted by Crippen LogP contribution is 2.23. The van der Waals surface area contributed by atoms with E-state index in [9.17, 15) is 9.35 Å². The topological polar surface area (TPSA) is 58.6 Å². The zero-order valence-electron chi connectivity index (χ0n) is 11.2. The summed E-state index contributed by atoms with van der Waals surface area (Å²) in [6.45, 7) is 1.98. The Morgan fingerprint density at radius 3 is 2.00 bits per heavy atom. The summed E-state index contributed by atoms with van der Waals surface area (Å²) in [4.78, 5) is 12.3. The average Bonchev–Trinajstić information content (AvgIpc) is 2.48. The molecular formula is C15H14O4S. The number of hydrogen-bond acceptors (Lipinski definition) is 4. The molecule has 104 valence electrons. The zero-order chi connectivity index (χ0) is 14.5. The van der Waals surface area contributed by atoms with E-state index in [-0.39, 0.29) is 0 Å². The lowest BCUT2D eigenvalue weighted by molar-refractivity contribution is 0.121. The van der Waals surface area contributed by atoms with Crippen LogP contribution in [0.1, 0.15) is 5.56 Å². The summed E-state index contributed by atoms with van der Waals surface area (Å²) in [6, 6.07) is 14.0. The molecule has 0 aromatic heterocycles. The highest BCUT2D eigenvalue weighted by atomic mass is 32.2. The molecule has 1 unspecified atom stereocenters. The first-order valence-electron chi connectivity index (χ1n) is 5.94. The minimum Gasteiger partial charge on any atom is -0.606 e. The molecule has 2 aromatic carbocycles. The van der Waals surface area contributed by atoms with Crippen molar-refractivity contribution in [1.82, 2.24) is 0 Å². The maximum absolute atomic E-state index is 12.3. The second-order valence-electron chi connectivity index (χ2n) is 4.11. The summed E-state index contributed by atoms with van der Waals surface area (Å²) < 4.78 is 21.6. The monoisotopic (exact) mass is 290 g/mol. The molecule has 0 amide bonds. The quantitative estimate of drug-likeness (QED) is 0.494. The minimum absolute atomic E-state index is 0.349. The number of aryl methyl sites for hydroxylation is 1. The summed E-state index contributed by atoms with van der Waals surface area (Å²) in [6.07, 6.45) is -0.780. The van der Waals surface area contributed by atoms with Gasteiger partial charge in [-0.15, -0.1) is 0 Å². The average molecular weight is 290 g/mol. The lowest BCUT2D eigenvalue weighted by Crippen LogP contribution is -2.07. The Bertz CT molecular complexity index is 578. The van der Waals surface area contributed by atoms with E-state index in [4.69, 9.17) is 4.74 Å². The molecular weight excluding hydrogens is 276 g/mol. The van der Waals surface area contributed by atoms with Crippen LogP contribution in [-0.4, -0.2) is 17.8 Å². The number of hydrogen-bond donors (Lipinski definition) is 0. The Kier molecular flexibility index (Phi) is 4.65. The Hall–Kier alpha value is -1.98. The van der Waals surface area contributed by atoms with Gasteiger partial charge in [-0.2, -0.15) is 0 Å². The molecule has 2 aromatic rings. The van der Waals surface area contributed by atoms with Crippen LogP contribution in [0.4, 0.5) is 4.79 Å². The van der Waals surface area contributed by atoms with Crippen molar-refractivity contribution in [2.24, 2.45) is 0 Å². The van der Waals surface area contributed by atoms with Crippen LogP contribution in [0.2, 0.25) is 0 Å². The fraction of sp³-hybridized carbons (Fsp3) is 0.133. The molecule has 0 spiro atoms. The van der Waals surface area contributed by atoms with Crippen molar-refractivity contribution >= 4 is 17.3 Å². The van der Waals surface area contributed by atoms with Crippen LogP contribution >= 0.6 is 0 Å². The number of benzene rings is 2. The number of carbonyl (C=O) groups excluding carboxylic acids is 1. The minimum atomic E-state index is -1.25. The lowest BCUT2D eigenvalue weighted by atomic mass is 10.2. The molecule has 5 heteroatoms. The molecule has 0 aliphatic heterocycles. The molecule has 4 nitrogen and oxygen atoms in total. The molecule has 0 radical (unpaired) electrons. The summed E-state index contributed by atoms with van der Waals surface area (Å²) >= 11 is -1.25. The number of rotatable bonds is 3. The SMILES string of the molecule is COC(=O)Oc1ccc([S+]([O-])c2ccc(C)cc2)cc1. The summed E-state index contributed by atoms with van der Waals surface area (Å²) in [5, 5.41) is 0. The molecule has 2 rings (SSSR count). The molecule has 0 fully saturated rings. The van der Waals surface area contributed by atoms with Crippen molar-refractivity contribution in [2.75, 3.05) is 7.11 Å². The van der Waals surface area contributed by atoms with Crippen molar-refractivity contribution in [3.05, 3.63) is 54.1 Å². The standard InChI is InChI=1S/C15H14O4S/c1-11-3-7-13(8-4-11)20(17)14-9-5-12(6-10-14)19-15(16)18-2/h3-10H,1-2H3. The van der Waals surface area contributed by atoms with Crippen molar-refractivity contribution in [2.45, 2.75) is 16.7 Å². The van der Waals surface area contributed by atoms with Crippen molar-refractivity contribution in [1.29, 1.82) is 0 Å². The molecule has 0 heterocycles. The first-order valence-corrected chi connectivity index (χ1v) is 7.09. The maximum Gasteiger partial charge on any atom is 0.513 e. The van der Waals surface area contributed by atoms with Crippen molar-refractivity contribution < 1.29 is 18.8 Å². The van der Waals surface area contributed by atoms with E-state index in [1.54, 1.807) is 24.3 Å². The van der Waals surface area contributed by atoms with Crippen LogP contribution in [0.25, 0.3) is 0 Å². The fourth-order valence-electron chi connectivity index (χ4n) is 1.57. The lowest BCUT2D eigenvalue weighted by Gasteiger charge is -2.10. The Balaban J connectivity index is 2.13. The summed E-state index contributed by atoms with van der Waals surface area (Å²) in [5.74, 6) is 0.349. The van der Waals surface area contributed by atoms with Gasteiger partial charge in [0.05, 0.1) is 7.11 Å². The molecule has 0 bridgehead atoms.